The SMILES string of the molecule is CC(=O)C1(C(C)=O)C(c2ccc(F)cc2)C1(C#N)C#N. The van der Waals surface area contributed by atoms with E-state index in [9.17, 15) is 24.5 Å². The van der Waals surface area contributed by atoms with Crippen LogP contribution < -0.4 is 0 Å². The number of rotatable bonds is 3. The van der Waals surface area contributed by atoms with Crippen LogP contribution in [-0.4, -0.2) is 11.6 Å². The lowest BCUT2D eigenvalue weighted by atomic mass is 9.87. The summed E-state index contributed by atoms with van der Waals surface area (Å²) >= 11 is 0. The van der Waals surface area contributed by atoms with Crippen molar-refractivity contribution in [3.63, 3.8) is 0 Å². The van der Waals surface area contributed by atoms with E-state index in [1.54, 1.807) is 0 Å². The first-order valence-electron chi connectivity index (χ1n) is 5.98. The second-order valence-corrected chi connectivity index (χ2v) is 4.94. The molecule has 1 aliphatic carbocycles. The van der Waals surface area contributed by atoms with E-state index in [0.717, 1.165) is 0 Å². The Hall–Kier alpha value is -2.53. The molecule has 1 unspecified atom stereocenters. The molecule has 100 valence electrons. The third-order valence-corrected chi connectivity index (χ3v) is 4.07. The van der Waals surface area contributed by atoms with Gasteiger partial charge in [-0.3, -0.25) is 9.59 Å². The minimum Gasteiger partial charge on any atom is -0.299 e. The zero-order valence-corrected chi connectivity index (χ0v) is 11.0. The molecular formula is C15H11FN2O2. The molecule has 0 spiro atoms. The minimum absolute atomic E-state index is 0.444. The third kappa shape index (κ3) is 1.38. The molecule has 1 aromatic carbocycles. The van der Waals surface area contributed by atoms with Crippen molar-refractivity contribution >= 4 is 11.6 Å². The van der Waals surface area contributed by atoms with Crippen LogP contribution in [0.2, 0.25) is 0 Å². The number of ketones is 2. The van der Waals surface area contributed by atoms with Crippen molar-refractivity contribution in [2.24, 2.45) is 10.8 Å². The Bertz CT molecular complexity index is 651. The highest BCUT2D eigenvalue weighted by Crippen LogP contribution is 2.74. The van der Waals surface area contributed by atoms with Gasteiger partial charge in [0.25, 0.3) is 0 Å². The van der Waals surface area contributed by atoms with Crippen molar-refractivity contribution in [2.45, 2.75) is 19.8 Å². The number of carbonyl (C=O) groups is 2. The van der Waals surface area contributed by atoms with Crippen molar-refractivity contribution in [2.75, 3.05) is 0 Å². The maximum absolute atomic E-state index is 13.0. The first-order chi connectivity index (χ1) is 9.38. The number of nitriles is 2. The molecule has 0 bridgehead atoms. The number of benzene rings is 1. The predicted octanol–water partition coefficient (Wildman–Crippen LogP) is 2.12. The zero-order valence-electron chi connectivity index (χ0n) is 11.0. The third-order valence-electron chi connectivity index (χ3n) is 4.07. The lowest BCUT2D eigenvalue weighted by Crippen LogP contribution is -2.28. The quantitative estimate of drug-likeness (QED) is 0.788. The monoisotopic (exact) mass is 270 g/mol. The van der Waals surface area contributed by atoms with E-state index >= 15 is 0 Å². The van der Waals surface area contributed by atoms with Crippen molar-refractivity contribution in [1.82, 2.24) is 0 Å². The van der Waals surface area contributed by atoms with Crippen LogP contribution >= 0.6 is 0 Å². The van der Waals surface area contributed by atoms with Gasteiger partial charge in [0.05, 0.1) is 12.1 Å². The van der Waals surface area contributed by atoms with Crippen LogP contribution in [0.5, 0.6) is 0 Å². The van der Waals surface area contributed by atoms with Gasteiger partial charge in [-0.1, -0.05) is 12.1 Å². The number of hydrogen-bond acceptors (Lipinski definition) is 4. The number of nitrogens with zero attached hydrogens (tertiary/aromatic N) is 2. The van der Waals surface area contributed by atoms with Gasteiger partial charge in [-0.05, 0) is 31.5 Å². The molecule has 0 radical (unpaired) electrons. The number of Topliss-reactive ketones (excluding diaryl/α,β-unsaturated/α-hetero) is 2. The highest BCUT2D eigenvalue weighted by molar-refractivity contribution is 6.13. The van der Waals surface area contributed by atoms with Crippen LogP contribution in [-0.2, 0) is 9.59 Å². The van der Waals surface area contributed by atoms with E-state index in [0.29, 0.717) is 5.56 Å². The van der Waals surface area contributed by atoms with Gasteiger partial charge in [-0.2, -0.15) is 10.5 Å². The molecule has 1 saturated carbocycles. The average Bonchev–Trinajstić information content (AvgIpc) is 3.05. The maximum Gasteiger partial charge on any atom is 0.172 e. The topological polar surface area (TPSA) is 81.7 Å². The van der Waals surface area contributed by atoms with Crippen molar-refractivity contribution in [3.8, 4) is 12.1 Å². The van der Waals surface area contributed by atoms with Crippen molar-refractivity contribution < 1.29 is 14.0 Å². The lowest BCUT2D eigenvalue weighted by Gasteiger charge is -2.09. The molecule has 0 saturated heterocycles. The Kier molecular flexibility index (Phi) is 2.95. The molecule has 20 heavy (non-hydrogen) atoms. The molecule has 2 rings (SSSR count). The van der Waals surface area contributed by atoms with E-state index in [-0.39, 0.29) is 0 Å². The summed E-state index contributed by atoms with van der Waals surface area (Å²) < 4.78 is 13.0. The Morgan fingerprint density at radius 2 is 1.55 bits per heavy atom. The van der Waals surface area contributed by atoms with Crippen LogP contribution in [0.4, 0.5) is 4.39 Å². The van der Waals surface area contributed by atoms with Crippen LogP contribution in [0.25, 0.3) is 0 Å². The van der Waals surface area contributed by atoms with Gasteiger partial charge in [0.15, 0.2) is 5.41 Å². The Labute approximate surface area is 115 Å². The molecule has 5 heteroatoms. The zero-order chi connectivity index (χ0) is 15.1. The van der Waals surface area contributed by atoms with Gasteiger partial charge < -0.3 is 0 Å². The Morgan fingerprint density at radius 3 is 1.85 bits per heavy atom. The van der Waals surface area contributed by atoms with Crippen molar-refractivity contribution in [3.05, 3.63) is 35.6 Å². The molecule has 0 aromatic heterocycles. The molecule has 0 amide bonds. The Balaban J connectivity index is 2.67. The van der Waals surface area contributed by atoms with Gasteiger partial charge >= 0.3 is 0 Å². The summed E-state index contributed by atoms with van der Waals surface area (Å²) in [6.07, 6.45) is 0. The molecular weight excluding hydrogens is 259 g/mol. The summed E-state index contributed by atoms with van der Waals surface area (Å²) in [5.74, 6) is -2.34. The molecule has 0 aliphatic heterocycles. The van der Waals surface area contributed by atoms with Gasteiger partial charge in [0.1, 0.15) is 22.8 Å². The van der Waals surface area contributed by atoms with Gasteiger partial charge in [0, 0.05) is 5.92 Å². The summed E-state index contributed by atoms with van der Waals surface area (Å²) in [4.78, 5) is 23.9. The second kappa shape index (κ2) is 4.25. The Morgan fingerprint density at radius 1 is 1.10 bits per heavy atom. The summed E-state index contributed by atoms with van der Waals surface area (Å²) in [5, 5.41) is 18.7. The lowest BCUT2D eigenvalue weighted by molar-refractivity contribution is -0.133. The van der Waals surface area contributed by atoms with E-state index in [2.05, 4.69) is 0 Å². The number of halogens is 1. The maximum atomic E-state index is 13.0. The van der Waals surface area contributed by atoms with Crippen LogP contribution in [0.15, 0.2) is 24.3 Å². The van der Waals surface area contributed by atoms with E-state index in [1.165, 1.54) is 38.1 Å². The van der Waals surface area contributed by atoms with Gasteiger partial charge in [-0.25, -0.2) is 4.39 Å². The molecule has 0 N–H and O–H groups in total. The minimum atomic E-state index is -1.71. The van der Waals surface area contributed by atoms with Gasteiger partial charge in [0.2, 0.25) is 0 Å². The molecule has 1 aliphatic rings. The summed E-state index contributed by atoms with van der Waals surface area (Å²) in [6.45, 7) is 2.41. The smallest absolute Gasteiger partial charge is 0.172 e. The summed E-state index contributed by atoms with van der Waals surface area (Å²) in [7, 11) is 0. The van der Waals surface area contributed by atoms with Gasteiger partial charge in [-0.15, -0.1) is 0 Å². The molecule has 4 nitrogen and oxygen atoms in total. The van der Waals surface area contributed by atoms with Crippen LogP contribution in [0.1, 0.15) is 25.3 Å². The summed E-state index contributed by atoms with van der Waals surface area (Å²) in [6, 6.07) is 8.80. The van der Waals surface area contributed by atoms with Crippen LogP contribution in [0, 0.1) is 39.3 Å². The van der Waals surface area contributed by atoms with Crippen molar-refractivity contribution in [1.29, 1.82) is 10.5 Å². The largest absolute Gasteiger partial charge is 0.299 e. The first-order valence-corrected chi connectivity index (χ1v) is 5.98. The summed E-state index contributed by atoms with van der Waals surface area (Å²) in [5.41, 5.74) is -2.91. The second-order valence-electron chi connectivity index (χ2n) is 4.94. The van der Waals surface area contributed by atoms with E-state index in [4.69, 9.17) is 0 Å². The standard InChI is InChI=1S/C15H11FN2O2/c1-9(19)15(10(2)20)13(14(15,7-17)8-18)11-3-5-12(16)6-4-11/h3-6,13H,1-2H3. The average molecular weight is 270 g/mol. The molecule has 1 atom stereocenters. The fourth-order valence-electron chi connectivity index (χ4n) is 3.17. The number of carbonyl (C=O) groups excluding carboxylic acids is 2. The molecule has 1 fully saturated rings. The fourth-order valence-corrected chi connectivity index (χ4v) is 3.17. The molecule has 1 aromatic rings. The molecule has 0 heterocycles. The fraction of sp³-hybridized carbons (Fsp3) is 0.333. The first kappa shape index (κ1) is 13.9. The normalized spacial score (nSPS) is 21.4. The highest BCUT2D eigenvalue weighted by atomic mass is 19.1. The van der Waals surface area contributed by atoms with E-state index in [1.807, 2.05) is 12.1 Å². The van der Waals surface area contributed by atoms with Crippen LogP contribution in [0.3, 0.4) is 0 Å². The number of hydrogen-bond donors (Lipinski definition) is 0. The predicted molar refractivity (Wildman–Crippen MR) is 66.6 cm³/mol. The van der Waals surface area contributed by atoms with E-state index < -0.39 is 34.1 Å². The highest BCUT2D eigenvalue weighted by Gasteiger charge is 2.84.